The maximum absolute atomic E-state index is 13.4. The van der Waals surface area contributed by atoms with Gasteiger partial charge in [-0.2, -0.15) is 0 Å². The number of carbonyl (C=O) groups excluding carboxylic acids is 2. The van der Waals surface area contributed by atoms with Gasteiger partial charge in [-0.05, 0) is 73.7 Å². The van der Waals surface area contributed by atoms with Gasteiger partial charge in [0, 0.05) is 11.3 Å². The topological polar surface area (TPSA) is 66.8 Å². The molecule has 0 aromatic heterocycles. The highest BCUT2D eigenvalue weighted by atomic mass is 16.5. The average Bonchev–Trinajstić information content (AvgIpc) is 3.05. The summed E-state index contributed by atoms with van der Waals surface area (Å²) in [7, 11) is 1.59. The maximum atomic E-state index is 13.4. The summed E-state index contributed by atoms with van der Waals surface area (Å²) in [5.41, 5.74) is 5.41. The minimum atomic E-state index is -0.742. The van der Waals surface area contributed by atoms with E-state index in [0.717, 1.165) is 27.8 Å². The van der Waals surface area contributed by atoms with E-state index in [-0.39, 0.29) is 11.3 Å². The highest BCUT2D eigenvalue weighted by Gasteiger charge is 2.47. The standard InChI is InChI=1S/C28H27NO4/c1-16-10-6-8-12-20(16)25-24(26(30)21-14-19(4)23(33-5)15-18(21)3)27(31)28(32)29(25)22-13-9-7-11-17(22)2/h6-15,25,30H,1-5H3/b26-24+. The van der Waals surface area contributed by atoms with Crippen LogP contribution >= 0.6 is 0 Å². The smallest absolute Gasteiger partial charge is 0.300 e. The Morgan fingerprint density at radius 1 is 0.848 bits per heavy atom. The van der Waals surface area contributed by atoms with Crippen LogP contribution in [0, 0.1) is 27.7 Å². The van der Waals surface area contributed by atoms with Crippen LogP contribution in [0.3, 0.4) is 0 Å². The lowest BCUT2D eigenvalue weighted by molar-refractivity contribution is -0.132. The quantitative estimate of drug-likeness (QED) is 0.327. The van der Waals surface area contributed by atoms with Crippen LogP contribution in [-0.4, -0.2) is 23.9 Å². The normalized spacial score (nSPS) is 17.5. The first-order chi connectivity index (χ1) is 15.8. The Balaban J connectivity index is 2.02. The van der Waals surface area contributed by atoms with Crippen molar-refractivity contribution in [3.63, 3.8) is 0 Å². The fourth-order valence-electron chi connectivity index (χ4n) is 4.51. The fourth-order valence-corrected chi connectivity index (χ4v) is 4.51. The Hall–Kier alpha value is -3.86. The number of carbonyl (C=O) groups is 2. The van der Waals surface area contributed by atoms with Crippen molar-refractivity contribution in [1.29, 1.82) is 0 Å². The van der Waals surface area contributed by atoms with E-state index in [0.29, 0.717) is 17.0 Å². The van der Waals surface area contributed by atoms with E-state index in [1.807, 2.05) is 82.3 Å². The minimum absolute atomic E-state index is 0.0882. The molecule has 1 fully saturated rings. The number of nitrogens with zero attached hydrogens (tertiary/aromatic N) is 1. The molecule has 0 radical (unpaired) electrons. The van der Waals surface area contributed by atoms with Crippen LogP contribution in [0.25, 0.3) is 5.76 Å². The molecule has 33 heavy (non-hydrogen) atoms. The van der Waals surface area contributed by atoms with E-state index >= 15 is 0 Å². The van der Waals surface area contributed by atoms with Gasteiger partial charge in [0.15, 0.2) is 0 Å². The summed E-state index contributed by atoms with van der Waals surface area (Å²) in [5, 5.41) is 11.5. The van der Waals surface area contributed by atoms with Crippen LogP contribution in [0.4, 0.5) is 5.69 Å². The number of rotatable bonds is 4. The molecule has 5 nitrogen and oxygen atoms in total. The van der Waals surface area contributed by atoms with E-state index in [1.54, 1.807) is 13.2 Å². The van der Waals surface area contributed by atoms with Gasteiger partial charge in [0.2, 0.25) is 0 Å². The van der Waals surface area contributed by atoms with Gasteiger partial charge < -0.3 is 9.84 Å². The molecule has 1 heterocycles. The molecule has 1 aliphatic rings. The van der Waals surface area contributed by atoms with Gasteiger partial charge in [0.05, 0.1) is 18.7 Å². The Morgan fingerprint density at radius 3 is 2.12 bits per heavy atom. The van der Waals surface area contributed by atoms with Crippen LogP contribution in [0.1, 0.15) is 39.4 Å². The van der Waals surface area contributed by atoms with Gasteiger partial charge in [0.25, 0.3) is 11.7 Å². The fraction of sp³-hybridized carbons (Fsp3) is 0.214. The van der Waals surface area contributed by atoms with Crippen LogP contribution in [0.2, 0.25) is 0 Å². The van der Waals surface area contributed by atoms with E-state index < -0.39 is 17.7 Å². The number of anilines is 1. The molecule has 168 valence electrons. The molecule has 1 N–H and O–H groups in total. The molecule has 1 amide bonds. The van der Waals surface area contributed by atoms with Crippen molar-refractivity contribution < 1.29 is 19.4 Å². The zero-order chi connectivity index (χ0) is 23.9. The molecule has 5 heteroatoms. The number of aryl methyl sites for hydroxylation is 4. The first-order valence-corrected chi connectivity index (χ1v) is 10.8. The number of ketones is 1. The second kappa shape index (κ2) is 8.58. The molecule has 3 aromatic rings. The van der Waals surface area contributed by atoms with Gasteiger partial charge >= 0.3 is 0 Å². The number of ether oxygens (including phenoxy) is 1. The van der Waals surface area contributed by atoms with Crippen LogP contribution in [0.15, 0.2) is 66.2 Å². The number of benzene rings is 3. The zero-order valence-corrected chi connectivity index (χ0v) is 19.5. The van der Waals surface area contributed by atoms with Gasteiger partial charge in [0.1, 0.15) is 11.5 Å². The van der Waals surface area contributed by atoms with E-state index in [2.05, 4.69) is 0 Å². The number of aliphatic hydroxyl groups is 1. The third-order valence-corrected chi connectivity index (χ3v) is 6.30. The molecule has 0 spiro atoms. The van der Waals surface area contributed by atoms with E-state index in [4.69, 9.17) is 4.74 Å². The molecular weight excluding hydrogens is 414 g/mol. The first-order valence-electron chi connectivity index (χ1n) is 10.8. The molecule has 1 unspecified atom stereocenters. The predicted octanol–water partition coefficient (Wildman–Crippen LogP) is 5.56. The summed E-state index contributed by atoms with van der Waals surface area (Å²) < 4.78 is 5.39. The SMILES string of the molecule is COc1cc(C)c(/C(O)=C2\C(=O)C(=O)N(c3ccccc3C)C2c2ccccc2C)cc1C. The molecule has 0 bridgehead atoms. The van der Waals surface area contributed by atoms with Gasteiger partial charge in [-0.25, -0.2) is 0 Å². The number of amides is 1. The number of methoxy groups -OCH3 is 1. The van der Waals surface area contributed by atoms with Crippen LogP contribution in [0.5, 0.6) is 5.75 Å². The van der Waals surface area contributed by atoms with Crippen molar-refractivity contribution in [1.82, 2.24) is 0 Å². The molecular formula is C28H27NO4. The lowest BCUT2D eigenvalue weighted by Gasteiger charge is -2.28. The molecule has 0 saturated carbocycles. The number of Topliss-reactive ketones (excluding diaryl/α,β-unsaturated/α-hetero) is 1. The highest BCUT2D eigenvalue weighted by Crippen LogP contribution is 2.44. The van der Waals surface area contributed by atoms with Crippen molar-refractivity contribution in [2.75, 3.05) is 12.0 Å². The van der Waals surface area contributed by atoms with Gasteiger partial charge in [-0.15, -0.1) is 0 Å². The lowest BCUT2D eigenvalue weighted by atomic mass is 9.91. The number of aliphatic hydroxyl groups excluding tert-OH is 1. The largest absolute Gasteiger partial charge is 0.507 e. The summed E-state index contributed by atoms with van der Waals surface area (Å²) in [4.78, 5) is 28.3. The number of hydrogen-bond donors (Lipinski definition) is 1. The van der Waals surface area contributed by atoms with E-state index in [1.165, 1.54) is 4.90 Å². The molecule has 3 aromatic carbocycles. The Morgan fingerprint density at radius 2 is 1.48 bits per heavy atom. The monoisotopic (exact) mass is 441 g/mol. The third-order valence-electron chi connectivity index (χ3n) is 6.30. The predicted molar refractivity (Wildman–Crippen MR) is 130 cm³/mol. The van der Waals surface area contributed by atoms with Crippen molar-refractivity contribution >= 4 is 23.1 Å². The highest BCUT2D eigenvalue weighted by molar-refractivity contribution is 6.51. The average molecular weight is 442 g/mol. The summed E-state index contributed by atoms with van der Waals surface area (Å²) in [6.07, 6.45) is 0. The molecule has 1 atom stereocenters. The van der Waals surface area contributed by atoms with Crippen molar-refractivity contribution in [3.05, 3.63) is 99.6 Å². The van der Waals surface area contributed by atoms with Crippen LogP contribution in [-0.2, 0) is 9.59 Å². The van der Waals surface area contributed by atoms with Crippen molar-refractivity contribution in [2.45, 2.75) is 33.7 Å². The van der Waals surface area contributed by atoms with Crippen molar-refractivity contribution in [3.8, 4) is 5.75 Å². The summed E-state index contributed by atoms with van der Waals surface area (Å²) in [6, 6.07) is 18.0. The Kier molecular flexibility index (Phi) is 5.81. The molecule has 0 aliphatic carbocycles. The number of para-hydroxylation sites is 1. The van der Waals surface area contributed by atoms with Crippen LogP contribution < -0.4 is 9.64 Å². The summed E-state index contributed by atoms with van der Waals surface area (Å²) in [5.74, 6) is -0.834. The lowest BCUT2D eigenvalue weighted by Crippen LogP contribution is -2.30. The third kappa shape index (κ3) is 3.69. The molecule has 1 aliphatic heterocycles. The second-order valence-corrected chi connectivity index (χ2v) is 8.45. The Bertz CT molecular complexity index is 1300. The van der Waals surface area contributed by atoms with E-state index in [9.17, 15) is 14.7 Å². The zero-order valence-electron chi connectivity index (χ0n) is 19.5. The van der Waals surface area contributed by atoms with Gasteiger partial charge in [-0.3, -0.25) is 14.5 Å². The van der Waals surface area contributed by atoms with Gasteiger partial charge in [-0.1, -0.05) is 42.5 Å². The second-order valence-electron chi connectivity index (χ2n) is 8.45. The summed E-state index contributed by atoms with van der Waals surface area (Å²) >= 11 is 0. The first kappa shape index (κ1) is 22.3. The van der Waals surface area contributed by atoms with Crippen molar-refractivity contribution in [2.24, 2.45) is 0 Å². The molecule has 4 rings (SSSR count). The maximum Gasteiger partial charge on any atom is 0.300 e. The summed E-state index contributed by atoms with van der Waals surface area (Å²) in [6.45, 7) is 7.56. The number of hydrogen-bond acceptors (Lipinski definition) is 4. The molecule has 1 saturated heterocycles. The minimum Gasteiger partial charge on any atom is -0.507 e. The Labute approximate surface area is 193 Å².